The van der Waals surface area contributed by atoms with Gasteiger partial charge < -0.3 is 20.5 Å². The van der Waals surface area contributed by atoms with Gasteiger partial charge in [0.15, 0.2) is 11.6 Å². The number of benzene rings is 2. The third kappa shape index (κ3) is 5.51. The van der Waals surface area contributed by atoms with E-state index in [0.29, 0.717) is 18.5 Å². The smallest absolute Gasteiger partial charge is 0.319 e. The van der Waals surface area contributed by atoms with Gasteiger partial charge in [-0.05, 0) is 36.2 Å². The number of amides is 2. The Hall–Kier alpha value is -2.67. The van der Waals surface area contributed by atoms with Crippen LogP contribution >= 0.6 is 0 Å². The van der Waals surface area contributed by atoms with E-state index < -0.39 is 11.8 Å². The molecule has 2 aromatic rings. The number of aliphatic hydroxyl groups is 1. The summed E-state index contributed by atoms with van der Waals surface area (Å²) in [6.07, 6.45) is 0.439. The molecule has 2 amide bonds. The van der Waals surface area contributed by atoms with Crippen LogP contribution in [-0.2, 0) is 6.61 Å². The van der Waals surface area contributed by atoms with Crippen LogP contribution in [0.5, 0.6) is 5.75 Å². The Morgan fingerprint density at radius 2 is 2.00 bits per heavy atom. The summed E-state index contributed by atoms with van der Waals surface area (Å²) in [7, 11) is 0. The van der Waals surface area contributed by atoms with Gasteiger partial charge in [-0.1, -0.05) is 12.1 Å². The van der Waals surface area contributed by atoms with Gasteiger partial charge >= 0.3 is 6.03 Å². The van der Waals surface area contributed by atoms with Crippen molar-refractivity contribution in [3.05, 3.63) is 59.7 Å². The lowest BCUT2D eigenvalue weighted by Gasteiger charge is -2.10. The first-order valence-corrected chi connectivity index (χ1v) is 7.41. The summed E-state index contributed by atoms with van der Waals surface area (Å²) in [5, 5.41) is 13.6. The van der Waals surface area contributed by atoms with Crippen LogP contribution < -0.4 is 15.4 Å². The minimum atomic E-state index is -0.639. The van der Waals surface area contributed by atoms with Crippen molar-refractivity contribution in [3.8, 4) is 5.75 Å². The summed E-state index contributed by atoms with van der Waals surface area (Å²) in [5.74, 6) is -1.02. The lowest BCUT2D eigenvalue weighted by molar-refractivity contribution is 0.249. The highest BCUT2D eigenvalue weighted by Gasteiger charge is 2.08. The zero-order chi connectivity index (χ0) is 17.4. The predicted octanol–water partition coefficient (Wildman–Crippen LogP) is 3.05. The monoisotopic (exact) mass is 336 g/mol. The molecule has 0 aromatic heterocycles. The molecule has 5 nitrogen and oxygen atoms in total. The molecule has 2 rings (SSSR count). The van der Waals surface area contributed by atoms with Gasteiger partial charge in [-0.2, -0.15) is 0 Å². The van der Waals surface area contributed by atoms with E-state index in [4.69, 9.17) is 9.84 Å². The molecule has 0 saturated carbocycles. The molecular weight excluding hydrogens is 318 g/mol. The van der Waals surface area contributed by atoms with Gasteiger partial charge in [-0.15, -0.1) is 0 Å². The van der Waals surface area contributed by atoms with Crippen LogP contribution in [0, 0.1) is 11.6 Å². The van der Waals surface area contributed by atoms with Crippen molar-refractivity contribution in [1.82, 2.24) is 5.32 Å². The molecule has 3 N–H and O–H groups in total. The van der Waals surface area contributed by atoms with E-state index in [-0.39, 0.29) is 30.5 Å². The number of anilines is 1. The fraction of sp³-hybridized carbons (Fsp3) is 0.235. The maximum absolute atomic E-state index is 14.0. The highest BCUT2D eigenvalue weighted by molar-refractivity contribution is 5.89. The summed E-state index contributed by atoms with van der Waals surface area (Å²) in [4.78, 5) is 11.5. The molecule has 2 aromatic carbocycles. The quantitative estimate of drug-likeness (QED) is 0.681. The normalized spacial score (nSPS) is 10.3. The maximum Gasteiger partial charge on any atom is 0.319 e. The Morgan fingerprint density at radius 1 is 1.17 bits per heavy atom. The van der Waals surface area contributed by atoms with Crippen molar-refractivity contribution in [3.63, 3.8) is 0 Å². The summed E-state index contributed by atoms with van der Waals surface area (Å²) in [6.45, 7) is 0.328. The fourth-order valence-corrected chi connectivity index (χ4v) is 1.94. The van der Waals surface area contributed by atoms with Gasteiger partial charge in [0.25, 0.3) is 0 Å². The molecule has 0 aliphatic rings. The number of rotatable bonds is 7. The SMILES string of the molecule is O=C(NCCCO)Nc1ccc(OCc2cccc(F)c2)c(F)c1. The summed E-state index contributed by atoms with van der Waals surface area (Å²) < 4.78 is 32.4. The van der Waals surface area contributed by atoms with Gasteiger partial charge in [-0.25, -0.2) is 13.6 Å². The zero-order valence-corrected chi connectivity index (χ0v) is 12.9. The molecule has 0 heterocycles. The molecule has 0 unspecified atom stereocenters. The Bertz CT molecular complexity index is 695. The second kappa shape index (κ2) is 8.83. The molecule has 0 saturated heterocycles. The van der Waals surface area contributed by atoms with Gasteiger partial charge in [0.2, 0.25) is 0 Å². The van der Waals surface area contributed by atoms with Crippen LogP contribution in [0.3, 0.4) is 0 Å². The predicted molar refractivity (Wildman–Crippen MR) is 85.9 cm³/mol. The molecular formula is C17H18F2N2O3. The topological polar surface area (TPSA) is 70.6 Å². The average molecular weight is 336 g/mol. The van der Waals surface area contributed by atoms with E-state index >= 15 is 0 Å². The first-order chi connectivity index (χ1) is 11.6. The molecule has 0 atom stereocenters. The number of carbonyl (C=O) groups is 1. The van der Waals surface area contributed by atoms with E-state index in [1.165, 1.54) is 24.3 Å². The summed E-state index contributed by atoms with van der Waals surface area (Å²) in [6, 6.07) is 9.37. The molecule has 0 spiro atoms. The van der Waals surface area contributed by atoms with Gasteiger partial charge in [0.1, 0.15) is 12.4 Å². The van der Waals surface area contributed by atoms with Crippen LogP contribution in [0.1, 0.15) is 12.0 Å². The Balaban J connectivity index is 1.90. The van der Waals surface area contributed by atoms with Crippen LogP contribution in [-0.4, -0.2) is 24.3 Å². The van der Waals surface area contributed by atoms with Crippen molar-refractivity contribution in [2.45, 2.75) is 13.0 Å². The summed E-state index contributed by atoms with van der Waals surface area (Å²) >= 11 is 0. The minimum absolute atomic E-state index is 0.00509. The molecule has 24 heavy (non-hydrogen) atoms. The van der Waals surface area contributed by atoms with Gasteiger partial charge in [-0.3, -0.25) is 0 Å². The van der Waals surface area contributed by atoms with Crippen LogP contribution in [0.25, 0.3) is 0 Å². The molecule has 0 bridgehead atoms. The van der Waals surface area contributed by atoms with Crippen LogP contribution in [0.15, 0.2) is 42.5 Å². The van der Waals surface area contributed by atoms with E-state index in [2.05, 4.69) is 10.6 Å². The van der Waals surface area contributed by atoms with Crippen molar-refractivity contribution in [1.29, 1.82) is 0 Å². The number of hydrogen-bond donors (Lipinski definition) is 3. The number of ether oxygens (including phenoxy) is 1. The maximum atomic E-state index is 14.0. The minimum Gasteiger partial charge on any atom is -0.486 e. The van der Waals surface area contributed by atoms with Crippen LogP contribution in [0.4, 0.5) is 19.3 Å². The molecule has 128 valence electrons. The highest BCUT2D eigenvalue weighted by atomic mass is 19.1. The average Bonchev–Trinajstić information content (AvgIpc) is 2.54. The highest BCUT2D eigenvalue weighted by Crippen LogP contribution is 2.22. The van der Waals surface area contributed by atoms with Gasteiger partial charge in [0.05, 0.1) is 0 Å². The molecule has 0 radical (unpaired) electrons. The van der Waals surface area contributed by atoms with E-state index in [1.807, 2.05) is 0 Å². The number of carbonyl (C=O) groups excluding carboxylic acids is 1. The lowest BCUT2D eigenvalue weighted by atomic mass is 10.2. The molecule has 0 aliphatic heterocycles. The number of aliphatic hydroxyl groups excluding tert-OH is 1. The van der Waals surface area contributed by atoms with E-state index in [0.717, 1.165) is 6.07 Å². The first kappa shape index (κ1) is 17.7. The number of urea groups is 1. The second-order valence-corrected chi connectivity index (χ2v) is 5.02. The Morgan fingerprint density at radius 3 is 2.71 bits per heavy atom. The number of nitrogens with one attached hydrogen (secondary N) is 2. The van der Waals surface area contributed by atoms with Crippen LogP contribution in [0.2, 0.25) is 0 Å². The standard InChI is InChI=1S/C17H18F2N2O3/c18-13-4-1-3-12(9-13)11-24-16-6-5-14(10-15(16)19)21-17(23)20-7-2-8-22/h1,3-6,9-10,22H,2,7-8,11H2,(H2,20,21,23). The lowest BCUT2D eigenvalue weighted by Crippen LogP contribution is -2.29. The first-order valence-electron chi connectivity index (χ1n) is 7.41. The largest absolute Gasteiger partial charge is 0.486 e. The number of hydrogen-bond acceptors (Lipinski definition) is 3. The van der Waals surface area contributed by atoms with Crippen molar-refractivity contribution in [2.75, 3.05) is 18.5 Å². The Labute approximate surface area is 138 Å². The molecule has 0 aliphatic carbocycles. The number of halogens is 2. The van der Waals surface area contributed by atoms with Crippen molar-refractivity contribution in [2.24, 2.45) is 0 Å². The van der Waals surface area contributed by atoms with Crippen molar-refractivity contribution < 1.29 is 23.4 Å². The second-order valence-electron chi connectivity index (χ2n) is 5.02. The fourth-order valence-electron chi connectivity index (χ4n) is 1.94. The summed E-state index contributed by atoms with van der Waals surface area (Å²) in [5.41, 5.74) is 0.854. The third-order valence-corrected chi connectivity index (χ3v) is 3.09. The third-order valence-electron chi connectivity index (χ3n) is 3.09. The van der Waals surface area contributed by atoms with Gasteiger partial charge in [0, 0.05) is 24.9 Å². The Kier molecular flexibility index (Phi) is 6.51. The van der Waals surface area contributed by atoms with E-state index in [9.17, 15) is 13.6 Å². The molecule has 0 fully saturated rings. The zero-order valence-electron chi connectivity index (χ0n) is 12.9. The molecule has 7 heteroatoms. The van der Waals surface area contributed by atoms with Crippen molar-refractivity contribution >= 4 is 11.7 Å². The van der Waals surface area contributed by atoms with E-state index in [1.54, 1.807) is 12.1 Å².